The number of hydrogen-bond donors (Lipinski definition) is 1. The summed E-state index contributed by atoms with van der Waals surface area (Å²) in [5, 5.41) is 7.26. The fraction of sp³-hybridized carbons (Fsp3) is 0.444. The van der Waals surface area contributed by atoms with E-state index in [2.05, 4.69) is 96.6 Å². The minimum Gasteiger partial charge on any atom is -0.352 e. The van der Waals surface area contributed by atoms with Gasteiger partial charge < -0.3 is 9.84 Å². The number of likely N-dealkylation sites (tertiary alicyclic amines) is 1. The predicted octanol–water partition coefficient (Wildman–Crippen LogP) is 4.87. The zero-order valence-electron chi connectivity index (χ0n) is 20.1. The van der Waals surface area contributed by atoms with Crippen LogP contribution in [0.2, 0.25) is 0 Å². The van der Waals surface area contributed by atoms with E-state index in [9.17, 15) is 4.79 Å². The number of benzene rings is 2. The molecule has 6 heteroatoms. The summed E-state index contributed by atoms with van der Waals surface area (Å²) in [6.07, 6.45) is 1.68. The fourth-order valence-electron chi connectivity index (χ4n) is 4.14. The van der Waals surface area contributed by atoms with E-state index in [-0.39, 0.29) is 17.2 Å². The minimum absolute atomic E-state index is 0.0614. The largest absolute Gasteiger partial charge is 0.352 e. The minimum atomic E-state index is 0.0614. The average molecular weight is 447 g/mol. The van der Waals surface area contributed by atoms with E-state index in [1.54, 1.807) is 0 Å². The number of rotatable bonds is 6. The van der Waals surface area contributed by atoms with Crippen LogP contribution in [-0.2, 0) is 23.3 Å². The lowest BCUT2D eigenvalue weighted by molar-refractivity contribution is -0.126. The van der Waals surface area contributed by atoms with Crippen molar-refractivity contribution < 1.29 is 9.32 Å². The Morgan fingerprint density at radius 2 is 1.73 bits per heavy atom. The van der Waals surface area contributed by atoms with Crippen molar-refractivity contribution in [1.29, 1.82) is 0 Å². The van der Waals surface area contributed by atoms with Crippen molar-refractivity contribution in [3.05, 3.63) is 71.1 Å². The Morgan fingerprint density at radius 1 is 1.06 bits per heavy atom. The summed E-state index contributed by atoms with van der Waals surface area (Å²) in [6, 6.07) is 16.6. The molecule has 0 unspecified atom stereocenters. The Kier molecular flexibility index (Phi) is 6.94. The Bertz CT molecular complexity index is 1060. The number of piperidine rings is 1. The maximum Gasteiger partial charge on any atom is 0.241 e. The van der Waals surface area contributed by atoms with Gasteiger partial charge in [-0.15, -0.1) is 0 Å². The molecule has 0 atom stereocenters. The SMILES string of the molecule is Cc1ccc(CNC(=O)C2CCN(Cc3nc(-c4ccc(C(C)(C)C)cc4)no3)CC2)cc1. The molecule has 1 fully saturated rings. The molecular weight excluding hydrogens is 412 g/mol. The fourth-order valence-corrected chi connectivity index (χ4v) is 4.14. The van der Waals surface area contributed by atoms with Crippen LogP contribution in [0.25, 0.3) is 11.4 Å². The third-order valence-corrected chi connectivity index (χ3v) is 6.38. The van der Waals surface area contributed by atoms with Crippen LogP contribution in [0.4, 0.5) is 0 Å². The molecule has 0 saturated carbocycles. The highest BCUT2D eigenvalue weighted by atomic mass is 16.5. The van der Waals surface area contributed by atoms with Gasteiger partial charge in [-0.3, -0.25) is 9.69 Å². The summed E-state index contributed by atoms with van der Waals surface area (Å²) in [4.78, 5) is 19.5. The van der Waals surface area contributed by atoms with Crippen LogP contribution >= 0.6 is 0 Å². The lowest BCUT2D eigenvalue weighted by Crippen LogP contribution is -2.40. The zero-order chi connectivity index (χ0) is 23.4. The molecule has 1 aliphatic heterocycles. The molecule has 33 heavy (non-hydrogen) atoms. The molecule has 1 aromatic heterocycles. The Hall–Kier alpha value is -2.99. The van der Waals surface area contributed by atoms with E-state index in [1.807, 2.05) is 0 Å². The number of aromatic nitrogens is 2. The molecular formula is C27H34N4O2. The summed E-state index contributed by atoms with van der Waals surface area (Å²) in [5.41, 5.74) is 4.71. The monoisotopic (exact) mass is 446 g/mol. The van der Waals surface area contributed by atoms with Gasteiger partial charge >= 0.3 is 0 Å². The molecule has 2 aromatic carbocycles. The van der Waals surface area contributed by atoms with E-state index >= 15 is 0 Å². The van der Waals surface area contributed by atoms with Crippen molar-refractivity contribution in [3.8, 4) is 11.4 Å². The van der Waals surface area contributed by atoms with Crippen molar-refractivity contribution in [2.45, 2.75) is 59.0 Å². The molecule has 0 spiro atoms. The van der Waals surface area contributed by atoms with Gasteiger partial charge in [0.05, 0.1) is 6.54 Å². The van der Waals surface area contributed by atoms with E-state index < -0.39 is 0 Å². The highest BCUT2D eigenvalue weighted by Gasteiger charge is 2.26. The number of nitrogens with zero attached hydrogens (tertiary/aromatic N) is 3. The second-order valence-electron chi connectivity index (χ2n) is 10.1. The van der Waals surface area contributed by atoms with Crippen LogP contribution in [0.5, 0.6) is 0 Å². The quantitative estimate of drug-likeness (QED) is 0.585. The van der Waals surface area contributed by atoms with Crippen LogP contribution in [0.3, 0.4) is 0 Å². The average Bonchev–Trinajstić information content (AvgIpc) is 3.27. The maximum atomic E-state index is 12.6. The Balaban J connectivity index is 1.25. The van der Waals surface area contributed by atoms with Crippen molar-refractivity contribution in [3.63, 3.8) is 0 Å². The maximum absolute atomic E-state index is 12.6. The van der Waals surface area contributed by atoms with Gasteiger partial charge in [0.2, 0.25) is 17.6 Å². The first-order chi connectivity index (χ1) is 15.8. The lowest BCUT2D eigenvalue weighted by Gasteiger charge is -2.30. The zero-order valence-corrected chi connectivity index (χ0v) is 20.1. The smallest absolute Gasteiger partial charge is 0.241 e. The highest BCUT2D eigenvalue weighted by Crippen LogP contribution is 2.25. The van der Waals surface area contributed by atoms with E-state index in [0.29, 0.717) is 24.8 Å². The van der Waals surface area contributed by atoms with E-state index in [1.165, 1.54) is 11.1 Å². The summed E-state index contributed by atoms with van der Waals surface area (Å²) >= 11 is 0. The van der Waals surface area contributed by atoms with E-state index in [0.717, 1.165) is 37.1 Å². The van der Waals surface area contributed by atoms with Gasteiger partial charge in [0, 0.05) is 18.0 Å². The molecule has 1 saturated heterocycles. The highest BCUT2D eigenvalue weighted by molar-refractivity contribution is 5.78. The molecule has 6 nitrogen and oxygen atoms in total. The molecule has 1 aliphatic rings. The molecule has 1 N–H and O–H groups in total. The molecule has 174 valence electrons. The van der Waals surface area contributed by atoms with Gasteiger partial charge in [-0.2, -0.15) is 4.98 Å². The van der Waals surface area contributed by atoms with Gasteiger partial charge in [0.25, 0.3) is 0 Å². The van der Waals surface area contributed by atoms with E-state index in [4.69, 9.17) is 4.52 Å². The Labute approximate surface area is 196 Å². The topological polar surface area (TPSA) is 71.3 Å². The second kappa shape index (κ2) is 9.87. The van der Waals surface area contributed by atoms with Crippen LogP contribution in [0.15, 0.2) is 53.1 Å². The van der Waals surface area contributed by atoms with Gasteiger partial charge in [0.15, 0.2) is 0 Å². The molecule has 0 radical (unpaired) electrons. The number of aryl methyl sites for hydroxylation is 1. The molecule has 1 amide bonds. The van der Waals surface area contributed by atoms with Gasteiger partial charge in [0.1, 0.15) is 0 Å². The number of hydrogen-bond acceptors (Lipinski definition) is 5. The van der Waals surface area contributed by atoms with Crippen molar-refractivity contribution >= 4 is 5.91 Å². The second-order valence-corrected chi connectivity index (χ2v) is 10.1. The number of carbonyl (C=O) groups excluding carboxylic acids is 1. The van der Waals surface area contributed by atoms with Crippen LogP contribution in [0, 0.1) is 12.8 Å². The first kappa shape index (κ1) is 23.2. The predicted molar refractivity (Wildman–Crippen MR) is 129 cm³/mol. The normalized spacial score (nSPS) is 15.5. The molecule has 4 rings (SSSR count). The van der Waals surface area contributed by atoms with Gasteiger partial charge in [-0.1, -0.05) is 80.0 Å². The van der Waals surface area contributed by atoms with Gasteiger partial charge in [-0.05, 0) is 49.4 Å². The van der Waals surface area contributed by atoms with Crippen LogP contribution in [-0.4, -0.2) is 34.0 Å². The van der Waals surface area contributed by atoms with Crippen molar-refractivity contribution in [2.75, 3.05) is 13.1 Å². The Morgan fingerprint density at radius 3 is 2.36 bits per heavy atom. The first-order valence-corrected chi connectivity index (χ1v) is 11.8. The van der Waals surface area contributed by atoms with Crippen molar-refractivity contribution in [2.24, 2.45) is 5.92 Å². The molecule has 0 bridgehead atoms. The summed E-state index contributed by atoms with van der Waals surface area (Å²) in [6.45, 7) is 11.6. The molecule has 2 heterocycles. The number of nitrogens with one attached hydrogen (secondary N) is 1. The third-order valence-electron chi connectivity index (χ3n) is 6.38. The summed E-state index contributed by atoms with van der Waals surface area (Å²) in [7, 11) is 0. The first-order valence-electron chi connectivity index (χ1n) is 11.8. The molecule has 3 aromatic rings. The van der Waals surface area contributed by atoms with Gasteiger partial charge in [-0.25, -0.2) is 0 Å². The van der Waals surface area contributed by atoms with Crippen molar-refractivity contribution in [1.82, 2.24) is 20.4 Å². The number of carbonyl (C=O) groups is 1. The van der Waals surface area contributed by atoms with Crippen LogP contribution in [0.1, 0.15) is 56.2 Å². The molecule has 0 aliphatic carbocycles. The summed E-state index contributed by atoms with van der Waals surface area (Å²) in [5.74, 6) is 1.45. The standard InChI is InChI=1S/C27H34N4O2/c1-19-5-7-20(8-6-19)17-28-26(32)22-13-15-31(16-14-22)18-24-29-25(30-33-24)21-9-11-23(12-10-21)27(2,3)4/h5-12,22H,13-18H2,1-4H3,(H,28,32). The van der Waals surface area contributed by atoms with Crippen LogP contribution < -0.4 is 5.32 Å². The third kappa shape index (κ3) is 6.08. The number of amides is 1. The summed E-state index contributed by atoms with van der Waals surface area (Å²) < 4.78 is 5.51. The lowest BCUT2D eigenvalue weighted by atomic mass is 9.87.